The van der Waals surface area contributed by atoms with E-state index in [0.717, 1.165) is 22.9 Å². The van der Waals surface area contributed by atoms with Crippen LogP contribution in [-0.2, 0) is 21.4 Å². The third kappa shape index (κ3) is 6.27. The van der Waals surface area contributed by atoms with Crippen LogP contribution in [-0.4, -0.2) is 35.8 Å². The first-order valence-corrected chi connectivity index (χ1v) is 10.1. The van der Waals surface area contributed by atoms with Crippen molar-refractivity contribution < 1.29 is 14.3 Å². The zero-order chi connectivity index (χ0) is 19.5. The Morgan fingerprint density at radius 2 is 1.77 bits per heavy atom. The molecule has 1 amide bonds. The summed E-state index contributed by atoms with van der Waals surface area (Å²) in [6.45, 7) is 14.2. The Morgan fingerprint density at radius 3 is 2.31 bits per heavy atom. The Labute approximate surface area is 166 Å². The van der Waals surface area contributed by atoms with Gasteiger partial charge in [0.25, 0.3) is 0 Å². The van der Waals surface area contributed by atoms with Gasteiger partial charge >= 0.3 is 6.09 Å². The molecule has 1 aliphatic heterocycles. The van der Waals surface area contributed by atoms with E-state index in [0.29, 0.717) is 19.8 Å². The van der Waals surface area contributed by atoms with Crippen LogP contribution in [0, 0.1) is 0 Å². The van der Waals surface area contributed by atoms with E-state index in [1.165, 1.54) is 5.56 Å². The molecular weight excluding hydrogens is 394 g/mol. The first-order valence-electron chi connectivity index (χ1n) is 9.33. The molecule has 4 nitrogen and oxygen atoms in total. The number of nitrogens with zero attached hydrogens (tertiary/aromatic N) is 1. The van der Waals surface area contributed by atoms with Crippen molar-refractivity contribution in [2.45, 2.75) is 78.0 Å². The van der Waals surface area contributed by atoms with Crippen LogP contribution in [0.4, 0.5) is 4.79 Å². The highest BCUT2D eigenvalue weighted by molar-refractivity contribution is 9.10. The number of benzene rings is 1. The van der Waals surface area contributed by atoms with Gasteiger partial charge < -0.3 is 14.4 Å². The van der Waals surface area contributed by atoms with Gasteiger partial charge in [-0.1, -0.05) is 42.8 Å². The molecule has 1 aromatic carbocycles. The molecule has 0 bridgehead atoms. The Hall–Kier alpha value is -1.07. The standard InChI is InChI=1S/C21H32BrNO3/c1-20(2,3)16-11-15(12-17(22)13-16)14-23(18-7-9-25-10-8-18)19(24)26-21(4,5)6/h11-13,18H,7-10,14H2,1-6H3. The molecule has 146 valence electrons. The van der Waals surface area contributed by atoms with Gasteiger partial charge in [0.1, 0.15) is 5.60 Å². The van der Waals surface area contributed by atoms with Gasteiger partial charge in [-0.05, 0) is 62.3 Å². The molecule has 0 saturated carbocycles. The minimum atomic E-state index is -0.506. The number of hydrogen-bond acceptors (Lipinski definition) is 3. The van der Waals surface area contributed by atoms with Crippen LogP contribution in [0.2, 0.25) is 0 Å². The maximum atomic E-state index is 12.9. The molecule has 1 saturated heterocycles. The number of ether oxygens (including phenoxy) is 2. The van der Waals surface area contributed by atoms with Crippen molar-refractivity contribution in [3.63, 3.8) is 0 Å². The summed E-state index contributed by atoms with van der Waals surface area (Å²) in [6.07, 6.45) is 1.44. The smallest absolute Gasteiger partial charge is 0.410 e. The third-order valence-corrected chi connectivity index (χ3v) is 4.89. The lowest BCUT2D eigenvalue weighted by Gasteiger charge is -2.36. The van der Waals surface area contributed by atoms with Crippen LogP contribution in [0.5, 0.6) is 0 Å². The van der Waals surface area contributed by atoms with Gasteiger partial charge in [-0.2, -0.15) is 0 Å². The Bertz CT molecular complexity index is 625. The molecule has 0 N–H and O–H groups in total. The summed E-state index contributed by atoms with van der Waals surface area (Å²) in [5.41, 5.74) is 1.90. The van der Waals surface area contributed by atoms with Gasteiger partial charge in [-0.25, -0.2) is 4.79 Å². The first-order chi connectivity index (χ1) is 12.0. The summed E-state index contributed by atoms with van der Waals surface area (Å²) < 4.78 is 12.2. The van der Waals surface area contributed by atoms with E-state index in [9.17, 15) is 4.79 Å². The highest BCUT2D eigenvalue weighted by Gasteiger charge is 2.30. The zero-order valence-electron chi connectivity index (χ0n) is 16.9. The van der Waals surface area contributed by atoms with Crippen molar-refractivity contribution in [1.82, 2.24) is 4.90 Å². The van der Waals surface area contributed by atoms with E-state index in [2.05, 4.69) is 54.9 Å². The number of hydrogen-bond donors (Lipinski definition) is 0. The van der Waals surface area contributed by atoms with Crippen molar-refractivity contribution >= 4 is 22.0 Å². The second kappa shape index (κ2) is 8.30. The molecule has 1 aromatic rings. The molecule has 0 atom stereocenters. The Kier molecular flexibility index (Phi) is 6.78. The Balaban J connectivity index is 2.28. The lowest BCUT2D eigenvalue weighted by Crippen LogP contribution is -2.45. The molecule has 5 heteroatoms. The number of halogens is 1. The largest absolute Gasteiger partial charge is 0.444 e. The van der Waals surface area contributed by atoms with Crippen molar-refractivity contribution in [3.8, 4) is 0 Å². The topological polar surface area (TPSA) is 38.8 Å². The van der Waals surface area contributed by atoms with E-state index >= 15 is 0 Å². The second-order valence-electron chi connectivity index (χ2n) is 9.05. The lowest BCUT2D eigenvalue weighted by molar-refractivity contribution is -0.00809. The molecule has 1 aliphatic rings. The van der Waals surface area contributed by atoms with E-state index in [1.54, 1.807) is 0 Å². The van der Waals surface area contributed by atoms with Gasteiger partial charge in [-0.15, -0.1) is 0 Å². The van der Waals surface area contributed by atoms with Crippen LogP contribution >= 0.6 is 15.9 Å². The molecule has 0 aliphatic carbocycles. The molecule has 2 rings (SSSR count). The Morgan fingerprint density at radius 1 is 1.15 bits per heavy atom. The molecular formula is C21H32BrNO3. The number of amides is 1. The third-order valence-electron chi connectivity index (χ3n) is 4.44. The predicted molar refractivity (Wildman–Crippen MR) is 108 cm³/mol. The fourth-order valence-electron chi connectivity index (χ4n) is 3.03. The SMILES string of the molecule is CC(C)(C)OC(=O)N(Cc1cc(Br)cc(C(C)(C)C)c1)C1CCOCC1. The van der Waals surface area contributed by atoms with Gasteiger partial charge in [0.05, 0.1) is 0 Å². The molecule has 1 fully saturated rings. The van der Waals surface area contributed by atoms with E-state index in [-0.39, 0.29) is 17.6 Å². The maximum Gasteiger partial charge on any atom is 0.410 e. The number of carbonyl (C=O) groups is 1. The fraction of sp³-hybridized carbons (Fsp3) is 0.667. The van der Waals surface area contributed by atoms with E-state index in [1.807, 2.05) is 25.7 Å². The summed E-state index contributed by atoms with van der Waals surface area (Å²) in [5.74, 6) is 0. The van der Waals surface area contributed by atoms with Gasteiger partial charge in [-0.3, -0.25) is 0 Å². The quantitative estimate of drug-likeness (QED) is 0.626. The highest BCUT2D eigenvalue weighted by Crippen LogP contribution is 2.28. The molecule has 0 aromatic heterocycles. The van der Waals surface area contributed by atoms with Crippen LogP contribution in [0.3, 0.4) is 0 Å². The monoisotopic (exact) mass is 425 g/mol. The van der Waals surface area contributed by atoms with Crippen LogP contribution in [0.1, 0.15) is 65.5 Å². The average molecular weight is 426 g/mol. The molecule has 26 heavy (non-hydrogen) atoms. The maximum absolute atomic E-state index is 12.9. The highest BCUT2D eigenvalue weighted by atomic mass is 79.9. The summed E-state index contributed by atoms with van der Waals surface area (Å²) >= 11 is 3.62. The van der Waals surface area contributed by atoms with E-state index in [4.69, 9.17) is 9.47 Å². The number of carbonyl (C=O) groups excluding carboxylic acids is 1. The first kappa shape index (κ1) is 21.2. The molecule has 1 heterocycles. The second-order valence-corrected chi connectivity index (χ2v) is 9.97. The molecule has 0 unspecified atom stereocenters. The van der Waals surface area contributed by atoms with Crippen LogP contribution in [0.15, 0.2) is 22.7 Å². The number of rotatable bonds is 3. The summed E-state index contributed by atoms with van der Waals surface area (Å²) in [7, 11) is 0. The lowest BCUT2D eigenvalue weighted by atomic mass is 9.86. The van der Waals surface area contributed by atoms with Gasteiger partial charge in [0.2, 0.25) is 0 Å². The van der Waals surface area contributed by atoms with Crippen molar-refractivity contribution in [1.29, 1.82) is 0 Å². The normalized spacial score (nSPS) is 16.4. The summed E-state index contributed by atoms with van der Waals surface area (Å²) in [4.78, 5) is 14.8. The minimum Gasteiger partial charge on any atom is -0.444 e. The van der Waals surface area contributed by atoms with Gasteiger partial charge in [0.15, 0.2) is 0 Å². The molecule has 0 radical (unpaired) electrons. The predicted octanol–water partition coefficient (Wildman–Crippen LogP) is 5.66. The molecule has 0 spiro atoms. The van der Waals surface area contributed by atoms with Gasteiger partial charge in [0, 0.05) is 30.3 Å². The van der Waals surface area contributed by atoms with Crippen molar-refractivity contribution in [2.75, 3.05) is 13.2 Å². The van der Waals surface area contributed by atoms with Crippen molar-refractivity contribution in [3.05, 3.63) is 33.8 Å². The fourth-order valence-corrected chi connectivity index (χ4v) is 3.57. The van der Waals surface area contributed by atoms with E-state index < -0.39 is 5.60 Å². The summed E-state index contributed by atoms with van der Waals surface area (Å²) in [6, 6.07) is 6.58. The van der Waals surface area contributed by atoms with Crippen LogP contribution in [0.25, 0.3) is 0 Å². The zero-order valence-corrected chi connectivity index (χ0v) is 18.5. The summed E-state index contributed by atoms with van der Waals surface area (Å²) in [5, 5.41) is 0. The van der Waals surface area contributed by atoms with Crippen LogP contribution < -0.4 is 0 Å². The van der Waals surface area contributed by atoms with Crippen molar-refractivity contribution in [2.24, 2.45) is 0 Å². The average Bonchev–Trinajstić information content (AvgIpc) is 2.50. The minimum absolute atomic E-state index is 0.0496.